The van der Waals surface area contributed by atoms with Crippen molar-refractivity contribution >= 4 is 29.4 Å². The molecule has 1 atom stereocenters. The highest BCUT2D eigenvalue weighted by Gasteiger charge is 2.36. The van der Waals surface area contributed by atoms with Gasteiger partial charge in [-0.1, -0.05) is 48.2 Å². The van der Waals surface area contributed by atoms with Crippen LogP contribution in [-0.2, 0) is 4.79 Å². The molecule has 2 heterocycles. The van der Waals surface area contributed by atoms with E-state index in [-0.39, 0.29) is 5.91 Å². The molecule has 1 amide bonds. The second kappa shape index (κ2) is 7.58. The van der Waals surface area contributed by atoms with E-state index in [4.69, 9.17) is 0 Å². The van der Waals surface area contributed by atoms with Gasteiger partial charge in [-0.2, -0.15) is 0 Å². The van der Waals surface area contributed by atoms with Gasteiger partial charge in [0.05, 0.1) is 10.6 Å². The van der Waals surface area contributed by atoms with Crippen LogP contribution >= 0.6 is 11.8 Å². The van der Waals surface area contributed by atoms with E-state index in [2.05, 4.69) is 56.5 Å². The first-order valence-corrected chi connectivity index (χ1v) is 10.5. The fourth-order valence-electron chi connectivity index (χ4n) is 3.94. The maximum atomic E-state index is 13.0. The van der Waals surface area contributed by atoms with E-state index < -0.39 is 5.56 Å². The summed E-state index contributed by atoms with van der Waals surface area (Å²) in [5.41, 5.74) is 6.56. The van der Waals surface area contributed by atoms with Crippen LogP contribution in [0.2, 0.25) is 0 Å². The van der Waals surface area contributed by atoms with Crippen molar-refractivity contribution in [2.24, 2.45) is 0 Å². The Bertz CT molecular complexity index is 1100. The maximum absolute atomic E-state index is 13.0. The first kappa shape index (κ1) is 19.6. The summed E-state index contributed by atoms with van der Waals surface area (Å²) in [5, 5.41) is 10.5. The Morgan fingerprint density at radius 2 is 1.62 bits per heavy atom. The average molecular weight is 405 g/mol. The van der Waals surface area contributed by atoms with Gasteiger partial charge in [-0.3, -0.25) is 9.69 Å². The predicted molar refractivity (Wildman–Crippen MR) is 120 cm³/mol. The number of hydrogen-bond donors (Lipinski definition) is 1. The minimum atomic E-state index is -0.918. The van der Waals surface area contributed by atoms with Gasteiger partial charge < -0.3 is 9.67 Å². The van der Waals surface area contributed by atoms with Gasteiger partial charge in [0.2, 0.25) is 0 Å². The van der Waals surface area contributed by atoms with Crippen LogP contribution in [0.1, 0.15) is 28.1 Å². The largest absolute Gasteiger partial charge is 0.364 e. The number of aryl methyl sites for hydroxylation is 3. The number of thioether (sulfide) groups is 1. The van der Waals surface area contributed by atoms with E-state index in [1.807, 2.05) is 36.4 Å². The van der Waals surface area contributed by atoms with Crippen LogP contribution in [0.25, 0.3) is 11.8 Å². The highest BCUT2D eigenvalue weighted by atomic mass is 32.2. The number of amides is 1. The van der Waals surface area contributed by atoms with Gasteiger partial charge in [-0.05, 0) is 68.7 Å². The fourth-order valence-corrected chi connectivity index (χ4v) is 4.89. The molecule has 4 nitrogen and oxygen atoms in total. The number of anilines is 1. The molecule has 1 aliphatic rings. The third kappa shape index (κ3) is 3.41. The number of para-hydroxylation sites is 2. The van der Waals surface area contributed by atoms with Gasteiger partial charge in [0, 0.05) is 17.1 Å². The molecule has 0 saturated carbocycles. The highest BCUT2D eigenvalue weighted by Crippen LogP contribution is 2.38. The lowest BCUT2D eigenvalue weighted by Crippen LogP contribution is -2.31. The fraction of sp³-hybridized carbons (Fsp3) is 0.208. The molecular formula is C24H24N2O2S. The van der Waals surface area contributed by atoms with Gasteiger partial charge in [0.25, 0.3) is 5.91 Å². The van der Waals surface area contributed by atoms with E-state index in [1.54, 1.807) is 0 Å². The zero-order valence-electron chi connectivity index (χ0n) is 17.0. The molecule has 148 valence electrons. The van der Waals surface area contributed by atoms with Crippen molar-refractivity contribution < 1.29 is 9.90 Å². The monoisotopic (exact) mass is 404 g/mol. The van der Waals surface area contributed by atoms with E-state index in [0.717, 1.165) is 17.0 Å². The van der Waals surface area contributed by atoms with Crippen LogP contribution in [0, 0.1) is 27.7 Å². The molecule has 1 aliphatic heterocycles. The van der Waals surface area contributed by atoms with Crippen molar-refractivity contribution in [3.8, 4) is 5.69 Å². The normalized spacial score (nSPS) is 18.1. The molecule has 3 aromatic rings. The van der Waals surface area contributed by atoms with Crippen LogP contribution in [0.5, 0.6) is 0 Å². The second-order valence-electron chi connectivity index (χ2n) is 7.37. The number of hydrogen-bond acceptors (Lipinski definition) is 3. The quantitative estimate of drug-likeness (QED) is 0.617. The zero-order chi connectivity index (χ0) is 20.7. The molecule has 0 aliphatic carbocycles. The molecule has 5 heteroatoms. The van der Waals surface area contributed by atoms with Gasteiger partial charge in [-0.25, -0.2) is 0 Å². The Morgan fingerprint density at radius 1 is 0.966 bits per heavy atom. The zero-order valence-corrected chi connectivity index (χ0v) is 17.8. The Morgan fingerprint density at radius 3 is 2.28 bits per heavy atom. The summed E-state index contributed by atoms with van der Waals surface area (Å²) in [5.74, 6) is -0.175. The number of nitrogens with zero attached hydrogens (tertiary/aromatic N) is 2. The average Bonchev–Trinajstić information content (AvgIpc) is 3.12. The molecule has 1 N–H and O–H groups in total. The van der Waals surface area contributed by atoms with E-state index in [1.165, 1.54) is 33.5 Å². The number of benzene rings is 2. The SMILES string of the molecule is Cc1cccc(C)c1-n1c(C)cc(/C=C2/SC(O)N(c3ccccc3)C2=O)c1C. The van der Waals surface area contributed by atoms with Crippen LogP contribution in [0.15, 0.2) is 59.5 Å². The lowest BCUT2D eigenvalue weighted by atomic mass is 10.1. The molecule has 0 radical (unpaired) electrons. The van der Waals surface area contributed by atoms with Crippen LogP contribution < -0.4 is 4.90 Å². The van der Waals surface area contributed by atoms with Crippen LogP contribution in [0.3, 0.4) is 0 Å². The van der Waals surface area contributed by atoms with Gasteiger partial charge in [-0.15, -0.1) is 0 Å². The minimum Gasteiger partial charge on any atom is -0.364 e. The van der Waals surface area contributed by atoms with E-state index in [0.29, 0.717) is 10.6 Å². The molecule has 0 spiro atoms. The number of carbonyl (C=O) groups excluding carboxylic acids is 1. The van der Waals surface area contributed by atoms with Gasteiger partial charge >= 0.3 is 0 Å². The Hall–Kier alpha value is -2.76. The molecule has 0 bridgehead atoms. The molecule has 1 aromatic heterocycles. The third-order valence-corrected chi connectivity index (χ3v) is 6.31. The first-order valence-electron chi connectivity index (χ1n) is 9.59. The van der Waals surface area contributed by atoms with Crippen molar-refractivity contribution in [3.63, 3.8) is 0 Å². The van der Waals surface area contributed by atoms with Crippen molar-refractivity contribution in [1.82, 2.24) is 4.57 Å². The number of rotatable bonds is 3. The molecule has 4 rings (SSSR count). The first-order chi connectivity index (χ1) is 13.9. The minimum absolute atomic E-state index is 0.175. The third-order valence-electron chi connectivity index (χ3n) is 5.34. The lowest BCUT2D eigenvalue weighted by Gasteiger charge is -2.18. The van der Waals surface area contributed by atoms with Crippen molar-refractivity contribution in [2.75, 3.05) is 4.90 Å². The van der Waals surface area contributed by atoms with Crippen LogP contribution in [-0.4, -0.2) is 21.1 Å². The summed E-state index contributed by atoms with van der Waals surface area (Å²) < 4.78 is 2.24. The molecular weight excluding hydrogens is 380 g/mol. The van der Waals surface area contributed by atoms with E-state index >= 15 is 0 Å². The summed E-state index contributed by atoms with van der Waals surface area (Å²) in [4.78, 5) is 14.9. The molecule has 1 unspecified atom stereocenters. The predicted octanol–water partition coefficient (Wildman–Crippen LogP) is 5.11. The van der Waals surface area contributed by atoms with E-state index in [9.17, 15) is 9.90 Å². The number of aliphatic hydroxyl groups is 1. The topological polar surface area (TPSA) is 45.5 Å². The van der Waals surface area contributed by atoms with Gasteiger partial charge in [0.1, 0.15) is 0 Å². The summed E-state index contributed by atoms with van der Waals surface area (Å²) in [7, 11) is 0. The maximum Gasteiger partial charge on any atom is 0.267 e. The summed E-state index contributed by atoms with van der Waals surface area (Å²) in [6, 6.07) is 17.7. The number of carbonyl (C=O) groups is 1. The second-order valence-corrected chi connectivity index (χ2v) is 8.46. The summed E-state index contributed by atoms with van der Waals surface area (Å²) >= 11 is 1.18. The molecule has 29 heavy (non-hydrogen) atoms. The number of aliphatic hydroxyl groups excluding tert-OH is 1. The Labute approximate surface area is 175 Å². The lowest BCUT2D eigenvalue weighted by molar-refractivity contribution is -0.114. The molecule has 1 saturated heterocycles. The smallest absolute Gasteiger partial charge is 0.267 e. The Kier molecular flexibility index (Phi) is 5.11. The molecule has 1 fully saturated rings. The van der Waals surface area contributed by atoms with Gasteiger partial charge in [0.15, 0.2) is 5.56 Å². The molecule has 2 aromatic carbocycles. The van der Waals surface area contributed by atoms with Crippen LogP contribution in [0.4, 0.5) is 5.69 Å². The highest BCUT2D eigenvalue weighted by molar-refractivity contribution is 8.05. The number of aromatic nitrogens is 1. The van der Waals surface area contributed by atoms with Crippen molar-refractivity contribution in [3.05, 3.63) is 87.6 Å². The van der Waals surface area contributed by atoms with Crippen molar-refractivity contribution in [2.45, 2.75) is 33.3 Å². The summed E-state index contributed by atoms with van der Waals surface area (Å²) in [6.45, 7) is 8.38. The van der Waals surface area contributed by atoms with Crippen molar-refractivity contribution in [1.29, 1.82) is 0 Å². The summed E-state index contributed by atoms with van der Waals surface area (Å²) in [6.07, 6.45) is 1.89. The Balaban J connectivity index is 1.74. The standard InChI is InChI=1S/C24H24N2O2S/c1-15-9-8-10-16(2)22(15)25-17(3)13-19(18(25)4)14-21-23(27)26(24(28)29-21)20-11-6-5-7-12-20/h5-14,24,28H,1-4H3/b21-14+.